The van der Waals surface area contributed by atoms with Gasteiger partial charge in [-0.15, -0.1) is 0 Å². The predicted octanol–water partition coefficient (Wildman–Crippen LogP) is 3.53. The van der Waals surface area contributed by atoms with E-state index in [1.807, 2.05) is 37.7 Å². The number of fused-ring (bicyclic) bond motifs is 1. The number of ether oxygens (including phenoxy) is 1. The summed E-state index contributed by atoms with van der Waals surface area (Å²) in [7, 11) is 1.94. The molecule has 0 aliphatic heterocycles. The Balaban J connectivity index is 1.91. The molecule has 144 valence electrons. The second-order valence-corrected chi connectivity index (χ2v) is 6.39. The minimum Gasteiger partial charge on any atom is -0.492 e. The zero-order chi connectivity index (χ0) is 19.4. The maximum Gasteiger partial charge on any atom is 0.160 e. The van der Waals surface area contributed by atoms with Crippen LogP contribution in [0.15, 0.2) is 24.4 Å². The molecular formula is C20H28N6O. The van der Waals surface area contributed by atoms with Crippen LogP contribution in [0.1, 0.15) is 32.0 Å². The molecule has 0 spiro atoms. The molecule has 0 atom stereocenters. The van der Waals surface area contributed by atoms with E-state index in [9.17, 15) is 0 Å². The Kier molecular flexibility index (Phi) is 5.78. The van der Waals surface area contributed by atoms with Crippen LogP contribution in [0.2, 0.25) is 0 Å². The number of rotatable bonds is 8. The average Bonchev–Trinajstić information content (AvgIpc) is 2.95. The van der Waals surface area contributed by atoms with E-state index in [1.54, 1.807) is 6.20 Å². The number of hydrogen-bond acceptors (Lipinski definition) is 6. The first-order valence-electron chi connectivity index (χ1n) is 9.48. The van der Waals surface area contributed by atoms with E-state index < -0.39 is 0 Å². The quantitative estimate of drug-likeness (QED) is 0.656. The Hall–Kier alpha value is -2.83. The number of hydrogen-bond donors (Lipinski definition) is 1. The lowest BCUT2D eigenvalue weighted by Gasteiger charge is -2.23. The Bertz CT molecular complexity index is 899. The molecule has 0 aliphatic carbocycles. The van der Waals surface area contributed by atoms with Gasteiger partial charge in [0.1, 0.15) is 17.4 Å². The third-order valence-corrected chi connectivity index (χ3v) is 4.63. The first kappa shape index (κ1) is 18.9. The lowest BCUT2D eigenvalue weighted by molar-refractivity contribution is 0.339. The van der Waals surface area contributed by atoms with E-state index in [-0.39, 0.29) is 0 Å². The largest absolute Gasteiger partial charge is 0.492 e. The second-order valence-electron chi connectivity index (χ2n) is 6.39. The summed E-state index contributed by atoms with van der Waals surface area (Å²) in [6.07, 6.45) is 1.74. The number of aromatic nitrogens is 4. The fraction of sp³-hybridized carbons (Fsp3) is 0.450. The molecule has 0 amide bonds. The standard InChI is InChI=1S/C20H28N6O/c1-6-26(7-2)19-15(11-17-14(4)24-25(5)20(17)23-19)12-21-18-10-9-16(13-22-18)27-8-3/h9-11,13H,6-8,12H2,1-5H3,(H,21,22). The van der Waals surface area contributed by atoms with Crippen LogP contribution in [-0.4, -0.2) is 39.4 Å². The van der Waals surface area contributed by atoms with Crippen LogP contribution < -0.4 is 15.0 Å². The summed E-state index contributed by atoms with van der Waals surface area (Å²) in [5, 5.41) is 9.01. The molecule has 3 heterocycles. The van der Waals surface area contributed by atoms with Crippen LogP contribution in [0.4, 0.5) is 11.6 Å². The molecule has 0 aliphatic rings. The van der Waals surface area contributed by atoms with Crippen molar-refractivity contribution in [3.05, 3.63) is 35.7 Å². The molecule has 7 heteroatoms. The highest BCUT2D eigenvalue weighted by Crippen LogP contribution is 2.26. The normalized spacial score (nSPS) is 11.0. The lowest BCUT2D eigenvalue weighted by atomic mass is 10.1. The molecule has 1 N–H and O–H groups in total. The molecule has 0 radical (unpaired) electrons. The summed E-state index contributed by atoms with van der Waals surface area (Å²) in [4.78, 5) is 11.6. The van der Waals surface area contributed by atoms with Gasteiger partial charge in [0.2, 0.25) is 0 Å². The van der Waals surface area contributed by atoms with Gasteiger partial charge >= 0.3 is 0 Å². The van der Waals surface area contributed by atoms with Gasteiger partial charge in [0.25, 0.3) is 0 Å². The summed E-state index contributed by atoms with van der Waals surface area (Å²) in [6, 6.07) is 6.06. The number of pyridine rings is 2. The van der Waals surface area contributed by atoms with Crippen LogP contribution in [0.5, 0.6) is 5.75 Å². The number of nitrogens with zero attached hydrogens (tertiary/aromatic N) is 5. The fourth-order valence-corrected chi connectivity index (χ4v) is 3.22. The molecule has 7 nitrogen and oxygen atoms in total. The van der Waals surface area contributed by atoms with Gasteiger partial charge in [-0.1, -0.05) is 0 Å². The monoisotopic (exact) mass is 368 g/mol. The van der Waals surface area contributed by atoms with Crippen LogP contribution in [0.25, 0.3) is 11.0 Å². The molecule has 3 rings (SSSR count). The van der Waals surface area contributed by atoms with Crippen LogP contribution in [0.3, 0.4) is 0 Å². The number of aryl methyl sites for hydroxylation is 2. The van der Waals surface area contributed by atoms with E-state index in [2.05, 4.69) is 40.2 Å². The van der Waals surface area contributed by atoms with E-state index >= 15 is 0 Å². The molecule has 0 aromatic carbocycles. The van der Waals surface area contributed by atoms with Crippen molar-refractivity contribution in [1.82, 2.24) is 19.7 Å². The first-order valence-corrected chi connectivity index (χ1v) is 9.48. The van der Waals surface area contributed by atoms with Crippen LogP contribution >= 0.6 is 0 Å². The second kappa shape index (κ2) is 8.24. The molecule has 3 aromatic heterocycles. The van der Waals surface area contributed by atoms with Crippen molar-refractivity contribution >= 4 is 22.7 Å². The van der Waals surface area contributed by atoms with E-state index in [1.165, 1.54) is 0 Å². The summed E-state index contributed by atoms with van der Waals surface area (Å²) in [5.74, 6) is 2.59. The van der Waals surface area contributed by atoms with Crippen molar-refractivity contribution in [2.75, 3.05) is 29.9 Å². The van der Waals surface area contributed by atoms with Crippen molar-refractivity contribution in [3.63, 3.8) is 0 Å². The third kappa shape index (κ3) is 3.97. The Morgan fingerprint density at radius 1 is 1.19 bits per heavy atom. The highest BCUT2D eigenvalue weighted by atomic mass is 16.5. The highest BCUT2D eigenvalue weighted by Gasteiger charge is 2.16. The Labute approximate surface area is 160 Å². The van der Waals surface area contributed by atoms with E-state index in [0.29, 0.717) is 13.2 Å². The van der Waals surface area contributed by atoms with Gasteiger partial charge in [-0.25, -0.2) is 9.97 Å². The van der Waals surface area contributed by atoms with Gasteiger partial charge in [-0.05, 0) is 45.9 Å². The zero-order valence-corrected chi connectivity index (χ0v) is 16.8. The van der Waals surface area contributed by atoms with Crippen molar-refractivity contribution in [2.24, 2.45) is 7.05 Å². The molecule has 0 saturated carbocycles. The van der Waals surface area contributed by atoms with Crippen molar-refractivity contribution < 1.29 is 4.74 Å². The van der Waals surface area contributed by atoms with Crippen molar-refractivity contribution in [3.8, 4) is 5.75 Å². The molecule has 3 aromatic rings. The molecule has 0 unspecified atom stereocenters. The minimum absolute atomic E-state index is 0.637. The topological polar surface area (TPSA) is 68.1 Å². The minimum atomic E-state index is 0.637. The van der Waals surface area contributed by atoms with Crippen LogP contribution in [-0.2, 0) is 13.6 Å². The molecule has 0 saturated heterocycles. The zero-order valence-electron chi connectivity index (χ0n) is 16.8. The number of nitrogens with one attached hydrogen (secondary N) is 1. The summed E-state index contributed by atoms with van der Waals surface area (Å²) >= 11 is 0. The average molecular weight is 368 g/mol. The van der Waals surface area contributed by atoms with Gasteiger partial charge < -0.3 is 15.0 Å². The van der Waals surface area contributed by atoms with Gasteiger partial charge in [0, 0.05) is 37.6 Å². The summed E-state index contributed by atoms with van der Waals surface area (Å²) in [6.45, 7) is 11.4. The van der Waals surface area contributed by atoms with Gasteiger partial charge in [-0.2, -0.15) is 5.10 Å². The van der Waals surface area contributed by atoms with Gasteiger partial charge in [0.05, 0.1) is 18.5 Å². The van der Waals surface area contributed by atoms with Gasteiger partial charge in [0.15, 0.2) is 5.65 Å². The number of anilines is 2. The Morgan fingerprint density at radius 2 is 1.96 bits per heavy atom. The Morgan fingerprint density at radius 3 is 2.59 bits per heavy atom. The molecule has 27 heavy (non-hydrogen) atoms. The highest BCUT2D eigenvalue weighted by molar-refractivity contribution is 5.81. The molecule has 0 bridgehead atoms. The smallest absolute Gasteiger partial charge is 0.160 e. The SMILES string of the molecule is CCOc1ccc(NCc2cc3c(C)nn(C)c3nc2N(CC)CC)nc1. The van der Waals surface area contributed by atoms with E-state index in [4.69, 9.17) is 9.72 Å². The summed E-state index contributed by atoms with van der Waals surface area (Å²) < 4.78 is 7.30. The maximum atomic E-state index is 5.45. The lowest BCUT2D eigenvalue weighted by Crippen LogP contribution is -2.25. The first-order chi connectivity index (χ1) is 13.1. The molecule has 0 fully saturated rings. The molecular weight excluding hydrogens is 340 g/mol. The van der Waals surface area contributed by atoms with Gasteiger partial charge in [-0.3, -0.25) is 4.68 Å². The third-order valence-electron chi connectivity index (χ3n) is 4.63. The maximum absolute atomic E-state index is 5.45. The fourth-order valence-electron chi connectivity index (χ4n) is 3.22. The predicted molar refractivity (Wildman–Crippen MR) is 110 cm³/mol. The van der Waals surface area contributed by atoms with Crippen molar-refractivity contribution in [2.45, 2.75) is 34.2 Å². The van der Waals surface area contributed by atoms with E-state index in [0.717, 1.165) is 52.8 Å². The summed E-state index contributed by atoms with van der Waals surface area (Å²) in [5.41, 5.74) is 3.04. The van der Waals surface area contributed by atoms with Crippen LogP contribution in [0, 0.1) is 6.92 Å². The van der Waals surface area contributed by atoms with Crippen molar-refractivity contribution in [1.29, 1.82) is 0 Å².